The highest BCUT2D eigenvalue weighted by molar-refractivity contribution is 8.02. The first-order valence-corrected chi connectivity index (χ1v) is 8.93. The molecule has 128 valence electrons. The highest BCUT2D eigenvalue weighted by atomic mass is 35.5. The minimum Gasteiger partial charge on any atom is -0.458 e. The molecule has 0 bridgehead atoms. The molecule has 2 aromatic rings. The molecule has 0 aliphatic carbocycles. The summed E-state index contributed by atoms with van der Waals surface area (Å²) >= 11 is 7.29. The minimum atomic E-state index is -1.11. The van der Waals surface area contributed by atoms with Crippen LogP contribution < -0.4 is 4.90 Å². The number of fused-ring (bicyclic) bond motifs is 3. The molecule has 0 radical (unpaired) electrons. The average molecular weight is 378 g/mol. The summed E-state index contributed by atoms with van der Waals surface area (Å²) in [5.74, 6) is -1.20. The van der Waals surface area contributed by atoms with Crippen molar-refractivity contribution < 1.29 is 18.7 Å². The zero-order chi connectivity index (χ0) is 17.6. The lowest BCUT2D eigenvalue weighted by atomic mass is 10.2. The van der Waals surface area contributed by atoms with Gasteiger partial charge in [-0.25, -0.2) is 9.18 Å². The van der Waals surface area contributed by atoms with Crippen LogP contribution in [-0.4, -0.2) is 16.7 Å². The predicted molar refractivity (Wildman–Crippen MR) is 93.0 cm³/mol. The Hall–Kier alpha value is -2.05. The van der Waals surface area contributed by atoms with Crippen molar-refractivity contribution in [1.29, 1.82) is 0 Å². The van der Waals surface area contributed by atoms with Gasteiger partial charge in [0.25, 0.3) is 0 Å². The number of benzene rings is 2. The van der Waals surface area contributed by atoms with Gasteiger partial charge in [-0.05, 0) is 24.3 Å². The average Bonchev–Trinajstić information content (AvgIpc) is 3.10. The van der Waals surface area contributed by atoms with E-state index in [4.69, 9.17) is 16.3 Å². The SMILES string of the molecule is O=C1CC[C@@]2(C(=O)OCc3c(F)cccc3Cl)Sc3ccccc3N12. The van der Waals surface area contributed by atoms with Crippen molar-refractivity contribution in [3.8, 4) is 0 Å². The monoisotopic (exact) mass is 377 g/mol. The zero-order valence-electron chi connectivity index (χ0n) is 13.0. The van der Waals surface area contributed by atoms with E-state index in [2.05, 4.69) is 0 Å². The number of esters is 1. The van der Waals surface area contributed by atoms with Crippen LogP contribution in [0.3, 0.4) is 0 Å². The van der Waals surface area contributed by atoms with E-state index in [1.165, 1.54) is 34.9 Å². The Morgan fingerprint density at radius 3 is 2.88 bits per heavy atom. The van der Waals surface area contributed by atoms with Crippen LogP contribution in [0.2, 0.25) is 5.02 Å². The molecule has 0 aromatic heterocycles. The summed E-state index contributed by atoms with van der Waals surface area (Å²) in [6.45, 7) is -0.273. The van der Waals surface area contributed by atoms with E-state index in [1.807, 2.05) is 24.3 Å². The molecule has 2 heterocycles. The minimum absolute atomic E-state index is 0.113. The van der Waals surface area contributed by atoms with Crippen LogP contribution in [-0.2, 0) is 20.9 Å². The van der Waals surface area contributed by atoms with Crippen LogP contribution in [0, 0.1) is 5.82 Å². The number of hydrogen-bond acceptors (Lipinski definition) is 4. The summed E-state index contributed by atoms with van der Waals surface area (Å²) in [6.07, 6.45) is 0.631. The maximum atomic E-state index is 13.9. The molecule has 2 aliphatic heterocycles. The quantitative estimate of drug-likeness (QED) is 0.754. The van der Waals surface area contributed by atoms with Crippen LogP contribution >= 0.6 is 23.4 Å². The second-order valence-electron chi connectivity index (χ2n) is 5.86. The molecule has 7 heteroatoms. The molecule has 25 heavy (non-hydrogen) atoms. The van der Waals surface area contributed by atoms with E-state index in [1.54, 1.807) is 0 Å². The molecule has 1 amide bonds. The first-order valence-electron chi connectivity index (χ1n) is 7.74. The van der Waals surface area contributed by atoms with E-state index in [0.717, 1.165) is 10.6 Å². The Kier molecular flexibility index (Phi) is 3.96. The number of hydrogen-bond donors (Lipinski definition) is 0. The van der Waals surface area contributed by atoms with E-state index in [-0.39, 0.29) is 29.5 Å². The molecule has 4 rings (SSSR count). The lowest BCUT2D eigenvalue weighted by molar-refractivity contribution is -0.148. The molecular weight excluding hydrogens is 365 g/mol. The first kappa shape index (κ1) is 16.4. The van der Waals surface area contributed by atoms with Gasteiger partial charge in [0.05, 0.1) is 10.7 Å². The van der Waals surface area contributed by atoms with Crippen molar-refractivity contribution >= 4 is 40.9 Å². The molecular formula is C18H13ClFNO3S. The Balaban J connectivity index is 1.61. The van der Waals surface area contributed by atoms with Crippen molar-refractivity contribution in [3.05, 3.63) is 58.9 Å². The summed E-state index contributed by atoms with van der Waals surface area (Å²) < 4.78 is 19.3. The normalized spacial score (nSPS) is 21.2. The lowest BCUT2D eigenvalue weighted by Crippen LogP contribution is -2.47. The fraction of sp³-hybridized carbons (Fsp3) is 0.222. The van der Waals surface area contributed by atoms with E-state index in [0.29, 0.717) is 6.42 Å². The number of halogens is 2. The Morgan fingerprint density at radius 1 is 1.28 bits per heavy atom. The fourth-order valence-electron chi connectivity index (χ4n) is 3.19. The van der Waals surface area contributed by atoms with Crippen LogP contribution in [0.4, 0.5) is 10.1 Å². The first-order chi connectivity index (χ1) is 12.0. The number of ether oxygens (including phenoxy) is 1. The van der Waals surface area contributed by atoms with Crippen LogP contribution in [0.1, 0.15) is 18.4 Å². The number of thioether (sulfide) groups is 1. The predicted octanol–water partition coefficient (Wildman–Crippen LogP) is 4.15. The lowest BCUT2D eigenvalue weighted by Gasteiger charge is -2.28. The second-order valence-corrected chi connectivity index (χ2v) is 7.59. The van der Waals surface area contributed by atoms with Gasteiger partial charge in [-0.2, -0.15) is 0 Å². The molecule has 1 fully saturated rings. The van der Waals surface area contributed by atoms with Crippen molar-refractivity contribution in [2.45, 2.75) is 29.2 Å². The Morgan fingerprint density at radius 2 is 2.08 bits per heavy atom. The summed E-state index contributed by atoms with van der Waals surface area (Å²) in [7, 11) is 0. The molecule has 4 nitrogen and oxygen atoms in total. The second kappa shape index (κ2) is 6.04. The number of para-hydroxylation sites is 1. The Labute approximate surface area is 152 Å². The van der Waals surface area contributed by atoms with Crippen LogP contribution in [0.5, 0.6) is 0 Å². The topological polar surface area (TPSA) is 46.6 Å². The highest BCUT2D eigenvalue weighted by Gasteiger charge is 2.58. The summed E-state index contributed by atoms with van der Waals surface area (Å²) in [5.41, 5.74) is 0.848. The molecule has 2 aromatic carbocycles. The van der Waals surface area contributed by atoms with Crippen LogP contribution in [0.15, 0.2) is 47.4 Å². The maximum absolute atomic E-state index is 13.9. The van der Waals surface area contributed by atoms with Gasteiger partial charge >= 0.3 is 5.97 Å². The summed E-state index contributed by atoms with van der Waals surface area (Å²) in [4.78, 5) is 26.4. The number of carbonyl (C=O) groups excluding carboxylic acids is 2. The molecule has 0 N–H and O–H groups in total. The number of amides is 1. The third kappa shape index (κ3) is 2.51. The number of nitrogens with zero attached hydrogens (tertiary/aromatic N) is 1. The summed E-state index contributed by atoms with van der Waals surface area (Å²) in [6, 6.07) is 11.7. The zero-order valence-corrected chi connectivity index (χ0v) is 14.6. The number of rotatable bonds is 3. The van der Waals surface area contributed by atoms with Gasteiger partial charge in [0, 0.05) is 23.3 Å². The van der Waals surface area contributed by atoms with Crippen molar-refractivity contribution in [3.63, 3.8) is 0 Å². The van der Waals surface area contributed by atoms with Gasteiger partial charge in [0.1, 0.15) is 12.4 Å². The Bertz CT molecular complexity index is 870. The van der Waals surface area contributed by atoms with E-state index in [9.17, 15) is 14.0 Å². The standard InChI is InChI=1S/C18H13ClFNO3S/c19-12-4-3-5-13(20)11(12)10-24-17(23)18-9-8-16(22)21(18)14-6-1-2-7-15(14)25-18/h1-7H,8-10H2/t18-/m0/s1. The van der Waals surface area contributed by atoms with Gasteiger partial charge in [0.15, 0.2) is 4.87 Å². The maximum Gasteiger partial charge on any atom is 0.343 e. The smallest absolute Gasteiger partial charge is 0.343 e. The van der Waals surface area contributed by atoms with Crippen molar-refractivity contribution in [1.82, 2.24) is 0 Å². The van der Waals surface area contributed by atoms with Crippen molar-refractivity contribution in [2.24, 2.45) is 0 Å². The van der Waals surface area contributed by atoms with E-state index < -0.39 is 16.7 Å². The highest BCUT2D eigenvalue weighted by Crippen LogP contribution is 2.56. The fourth-order valence-corrected chi connectivity index (χ4v) is 4.82. The molecule has 2 aliphatic rings. The van der Waals surface area contributed by atoms with Gasteiger partial charge in [-0.3, -0.25) is 9.69 Å². The molecule has 0 unspecified atom stereocenters. The van der Waals surface area contributed by atoms with Crippen LogP contribution in [0.25, 0.3) is 0 Å². The largest absolute Gasteiger partial charge is 0.458 e. The number of anilines is 1. The van der Waals surface area contributed by atoms with Gasteiger partial charge < -0.3 is 4.74 Å². The van der Waals surface area contributed by atoms with E-state index >= 15 is 0 Å². The number of carbonyl (C=O) groups is 2. The van der Waals surface area contributed by atoms with Gasteiger partial charge in [-0.15, -0.1) is 0 Å². The molecule has 0 spiro atoms. The van der Waals surface area contributed by atoms with Gasteiger partial charge in [0.2, 0.25) is 5.91 Å². The molecule has 0 saturated carbocycles. The molecule has 1 atom stereocenters. The van der Waals surface area contributed by atoms with Crippen molar-refractivity contribution in [2.75, 3.05) is 4.90 Å². The third-order valence-electron chi connectivity index (χ3n) is 4.40. The molecule has 1 saturated heterocycles. The third-order valence-corrected chi connectivity index (χ3v) is 6.21. The van der Waals surface area contributed by atoms with Gasteiger partial charge in [-0.1, -0.05) is 41.6 Å². The summed E-state index contributed by atoms with van der Waals surface area (Å²) in [5, 5.41) is 0.201.